The van der Waals surface area contributed by atoms with E-state index in [1.54, 1.807) is 7.11 Å². The molecule has 0 saturated heterocycles. The summed E-state index contributed by atoms with van der Waals surface area (Å²) < 4.78 is 5.13. The highest BCUT2D eigenvalue weighted by molar-refractivity contribution is 5.76. The van der Waals surface area contributed by atoms with Crippen LogP contribution in [0.3, 0.4) is 0 Å². The number of aliphatic hydroxyl groups excluding tert-OH is 1. The van der Waals surface area contributed by atoms with Crippen LogP contribution in [0.1, 0.15) is 56.1 Å². The van der Waals surface area contributed by atoms with Crippen LogP contribution in [0.5, 0.6) is 0 Å². The lowest BCUT2D eigenvalue weighted by atomic mass is 10.0. The van der Waals surface area contributed by atoms with Crippen LogP contribution in [0, 0.1) is 6.92 Å². The van der Waals surface area contributed by atoms with Crippen molar-refractivity contribution in [2.24, 2.45) is 0 Å². The van der Waals surface area contributed by atoms with Gasteiger partial charge in [-0.15, -0.1) is 0 Å². The van der Waals surface area contributed by atoms with Crippen molar-refractivity contribution in [2.45, 2.75) is 52.4 Å². The Bertz CT molecular complexity index is 616. The van der Waals surface area contributed by atoms with Gasteiger partial charge < -0.3 is 15.6 Å². The fourth-order valence-electron chi connectivity index (χ4n) is 3.64. The minimum absolute atomic E-state index is 0.209. The monoisotopic (exact) mass is 362 g/mol. The Morgan fingerprint density at radius 1 is 1.08 bits per heavy atom. The molecule has 0 amide bonds. The molecule has 0 spiro atoms. The summed E-state index contributed by atoms with van der Waals surface area (Å²) in [7, 11) is 1.72. The summed E-state index contributed by atoms with van der Waals surface area (Å²) in [6.07, 6.45) is 6.72. The Hall–Kier alpha value is -1.50. The lowest BCUT2D eigenvalue weighted by molar-refractivity contribution is 0.129. The lowest BCUT2D eigenvalue weighted by Gasteiger charge is -2.20. The van der Waals surface area contributed by atoms with E-state index < -0.39 is 0 Å². The van der Waals surface area contributed by atoms with Crippen molar-refractivity contribution >= 4 is 11.4 Å². The van der Waals surface area contributed by atoms with Gasteiger partial charge in [-0.3, -0.25) is 4.90 Å². The molecule has 1 aliphatic rings. The maximum absolute atomic E-state index is 9.14. The van der Waals surface area contributed by atoms with Crippen molar-refractivity contribution in [2.75, 3.05) is 45.7 Å². The summed E-state index contributed by atoms with van der Waals surface area (Å²) in [5, 5.41) is 9.14. The van der Waals surface area contributed by atoms with Gasteiger partial charge in [0.1, 0.15) is 11.6 Å². The number of aromatic nitrogens is 2. The van der Waals surface area contributed by atoms with Crippen LogP contribution < -0.4 is 5.73 Å². The molecule has 0 radical (unpaired) electrons. The largest absolute Gasteiger partial charge is 0.395 e. The van der Waals surface area contributed by atoms with Gasteiger partial charge in [0.2, 0.25) is 0 Å². The molecular weight excluding hydrogens is 328 g/mol. The second kappa shape index (κ2) is 10.6. The molecule has 1 aromatic heterocycles. The van der Waals surface area contributed by atoms with E-state index in [0.29, 0.717) is 5.82 Å². The van der Waals surface area contributed by atoms with Crippen LogP contribution in [0.15, 0.2) is 5.57 Å². The van der Waals surface area contributed by atoms with Crippen LogP contribution in [-0.4, -0.2) is 59.9 Å². The molecule has 2 rings (SSSR count). The zero-order valence-electron chi connectivity index (χ0n) is 16.6. The molecule has 1 heterocycles. The minimum atomic E-state index is 0.209. The first-order valence-corrected chi connectivity index (χ1v) is 9.71. The third kappa shape index (κ3) is 5.76. The number of aliphatic hydroxyl groups is 1. The quantitative estimate of drug-likeness (QED) is 0.556. The smallest absolute Gasteiger partial charge is 0.131 e. The number of nitrogens with two attached hydrogens (primary N) is 1. The summed E-state index contributed by atoms with van der Waals surface area (Å²) in [4.78, 5) is 11.2. The molecule has 3 N–H and O–H groups in total. The number of hydrogen-bond acceptors (Lipinski definition) is 6. The van der Waals surface area contributed by atoms with Crippen molar-refractivity contribution in [3.05, 3.63) is 22.7 Å². The van der Waals surface area contributed by atoms with Gasteiger partial charge in [0.25, 0.3) is 0 Å². The number of ether oxygens (including phenoxy) is 1. The predicted octanol–water partition coefficient (Wildman–Crippen LogP) is 2.59. The summed E-state index contributed by atoms with van der Waals surface area (Å²) in [5.41, 5.74) is 11.0. The number of nitrogen functional groups attached to an aromatic ring is 1. The van der Waals surface area contributed by atoms with Gasteiger partial charge in [-0.05, 0) is 51.6 Å². The zero-order chi connectivity index (χ0) is 18.9. The number of aryl methyl sites for hydroxylation is 1. The molecule has 0 unspecified atom stereocenters. The minimum Gasteiger partial charge on any atom is -0.395 e. The highest BCUT2D eigenvalue weighted by Crippen LogP contribution is 2.36. The number of nitrogens with zero attached hydrogens (tertiary/aromatic N) is 3. The van der Waals surface area contributed by atoms with Crippen molar-refractivity contribution in [1.29, 1.82) is 0 Å². The molecular formula is C20H34N4O2. The SMILES string of the molecule is COCCN(CCO)CCCCCCC1=C(C)Cc2c(N)nc(C)nc21. The average Bonchev–Trinajstić information content (AvgIpc) is 2.91. The zero-order valence-corrected chi connectivity index (χ0v) is 16.6. The fraction of sp³-hybridized carbons (Fsp3) is 0.700. The van der Waals surface area contributed by atoms with Gasteiger partial charge >= 0.3 is 0 Å². The summed E-state index contributed by atoms with van der Waals surface area (Å²) in [5.74, 6) is 1.40. The predicted molar refractivity (Wildman–Crippen MR) is 106 cm³/mol. The van der Waals surface area contributed by atoms with E-state index in [-0.39, 0.29) is 6.61 Å². The number of fused-ring (bicyclic) bond motifs is 1. The number of rotatable bonds is 12. The standard InChI is InChI=1S/C20H34N4O2/c1-15-14-18-19(22-16(2)23-20(18)21)17(15)8-6-4-5-7-9-24(10-12-25)11-13-26-3/h25H,4-14H2,1-3H3,(H2,21,22,23). The third-order valence-corrected chi connectivity index (χ3v) is 5.07. The Kier molecular flexibility index (Phi) is 8.48. The second-order valence-corrected chi connectivity index (χ2v) is 7.14. The van der Waals surface area contributed by atoms with Gasteiger partial charge in [-0.1, -0.05) is 18.4 Å². The van der Waals surface area contributed by atoms with Gasteiger partial charge in [0.15, 0.2) is 0 Å². The number of methoxy groups -OCH3 is 1. The third-order valence-electron chi connectivity index (χ3n) is 5.07. The van der Waals surface area contributed by atoms with Crippen LogP contribution in [0.25, 0.3) is 5.57 Å². The lowest BCUT2D eigenvalue weighted by Crippen LogP contribution is -2.31. The van der Waals surface area contributed by atoms with Gasteiger partial charge in [-0.25, -0.2) is 9.97 Å². The molecule has 26 heavy (non-hydrogen) atoms. The second-order valence-electron chi connectivity index (χ2n) is 7.14. The van der Waals surface area contributed by atoms with E-state index in [4.69, 9.17) is 15.6 Å². The van der Waals surface area contributed by atoms with Crippen LogP contribution in [0.4, 0.5) is 5.82 Å². The molecule has 6 heteroatoms. The van der Waals surface area contributed by atoms with Crippen molar-refractivity contribution < 1.29 is 9.84 Å². The van der Waals surface area contributed by atoms with Crippen LogP contribution in [0.2, 0.25) is 0 Å². The highest BCUT2D eigenvalue weighted by Gasteiger charge is 2.23. The first-order chi connectivity index (χ1) is 12.6. The number of allylic oxidation sites excluding steroid dienone is 2. The van der Waals surface area contributed by atoms with Crippen molar-refractivity contribution in [3.8, 4) is 0 Å². The molecule has 0 saturated carbocycles. The summed E-state index contributed by atoms with van der Waals surface area (Å²) in [6.45, 7) is 7.67. The molecule has 1 aliphatic carbocycles. The molecule has 0 atom stereocenters. The molecule has 1 aromatic rings. The van der Waals surface area contributed by atoms with Gasteiger partial charge in [0.05, 0.1) is 18.9 Å². The average molecular weight is 363 g/mol. The van der Waals surface area contributed by atoms with Gasteiger partial charge in [0, 0.05) is 25.8 Å². The molecule has 146 valence electrons. The number of unbranched alkanes of at least 4 members (excludes halogenated alkanes) is 3. The van der Waals surface area contributed by atoms with Crippen LogP contribution >= 0.6 is 0 Å². The van der Waals surface area contributed by atoms with Crippen molar-refractivity contribution in [3.63, 3.8) is 0 Å². The van der Waals surface area contributed by atoms with E-state index in [1.165, 1.54) is 30.4 Å². The fourth-order valence-corrected chi connectivity index (χ4v) is 3.64. The normalized spacial score (nSPS) is 13.7. The molecule has 0 aliphatic heterocycles. The van der Waals surface area contributed by atoms with E-state index in [9.17, 15) is 0 Å². The first kappa shape index (κ1) is 20.8. The van der Waals surface area contributed by atoms with E-state index >= 15 is 0 Å². The Morgan fingerprint density at radius 2 is 1.85 bits per heavy atom. The molecule has 0 aromatic carbocycles. The summed E-state index contributed by atoms with van der Waals surface area (Å²) >= 11 is 0. The molecule has 0 bridgehead atoms. The van der Waals surface area contributed by atoms with Crippen LogP contribution in [-0.2, 0) is 11.2 Å². The number of hydrogen-bond donors (Lipinski definition) is 2. The Balaban J connectivity index is 1.73. The van der Waals surface area contributed by atoms with E-state index in [2.05, 4.69) is 21.8 Å². The first-order valence-electron chi connectivity index (χ1n) is 9.71. The van der Waals surface area contributed by atoms with E-state index in [1.807, 2.05) is 6.92 Å². The van der Waals surface area contributed by atoms with Gasteiger partial charge in [-0.2, -0.15) is 0 Å². The molecule has 0 fully saturated rings. The Labute approximate surface area is 157 Å². The topological polar surface area (TPSA) is 84.5 Å². The maximum Gasteiger partial charge on any atom is 0.131 e. The maximum atomic E-state index is 9.14. The Morgan fingerprint density at radius 3 is 2.58 bits per heavy atom. The highest BCUT2D eigenvalue weighted by atomic mass is 16.5. The number of anilines is 1. The van der Waals surface area contributed by atoms with Crippen molar-refractivity contribution in [1.82, 2.24) is 14.9 Å². The summed E-state index contributed by atoms with van der Waals surface area (Å²) in [6, 6.07) is 0. The molecule has 6 nitrogen and oxygen atoms in total. The van der Waals surface area contributed by atoms with E-state index in [0.717, 1.165) is 62.6 Å².